The highest BCUT2D eigenvalue weighted by atomic mass is 32.2. The summed E-state index contributed by atoms with van der Waals surface area (Å²) in [5.41, 5.74) is 2.92. The van der Waals surface area contributed by atoms with Gasteiger partial charge in [0.1, 0.15) is 10.5 Å². The molecule has 0 atom stereocenters. The first-order valence-corrected chi connectivity index (χ1v) is 10.9. The lowest BCUT2D eigenvalue weighted by Gasteiger charge is -2.11. The molecule has 5 nitrogen and oxygen atoms in total. The van der Waals surface area contributed by atoms with Crippen LogP contribution >= 0.6 is 11.8 Å². The van der Waals surface area contributed by atoms with Gasteiger partial charge in [-0.3, -0.25) is 9.59 Å². The van der Waals surface area contributed by atoms with E-state index < -0.39 is 0 Å². The Balaban J connectivity index is 1.56. The summed E-state index contributed by atoms with van der Waals surface area (Å²) in [6.07, 6.45) is 0. The molecule has 6 heteroatoms. The standard InChI is InChI=1S/C26H18N2O3S/c1-17-21(25(30)28(27-17)20-15-9-4-10-16-20)26-31-23(19-13-7-3-8-14-19)24(32-26)22(29)18-11-5-2-6-12-18/h2-16H,1H3/b26-21+. The van der Waals surface area contributed by atoms with E-state index in [0.29, 0.717) is 38.3 Å². The maximum absolute atomic E-state index is 13.3. The van der Waals surface area contributed by atoms with Crippen molar-refractivity contribution < 1.29 is 14.3 Å². The predicted octanol–water partition coefficient (Wildman–Crippen LogP) is 5.64. The Morgan fingerprint density at radius 3 is 2.12 bits per heavy atom. The quantitative estimate of drug-likeness (QED) is 0.391. The molecule has 0 fully saturated rings. The third-order valence-electron chi connectivity index (χ3n) is 5.10. The van der Waals surface area contributed by atoms with Crippen LogP contribution in [0, 0.1) is 0 Å². The maximum atomic E-state index is 13.3. The van der Waals surface area contributed by atoms with Gasteiger partial charge in [-0.2, -0.15) is 10.1 Å². The molecule has 0 unspecified atom stereocenters. The van der Waals surface area contributed by atoms with E-state index >= 15 is 0 Å². The van der Waals surface area contributed by atoms with Gasteiger partial charge in [0.25, 0.3) is 5.91 Å². The molecule has 156 valence electrons. The number of carbonyl (C=O) groups is 2. The molecule has 0 spiro atoms. The number of ketones is 1. The monoisotopic (exact) mass is 438 g/mol. The van der Waals surface area contributed by atoms with Crippen molar-refractivity contribution in [3.05, 3.63) is 118 Å². The normalized spacial score (nSPS) is 18.1. The summed E-state index contributed by atoms with van der Waals surface area (Å²) >= 11 is 1.18. The number of amides is 1. The molecule has 5 rings (SSSR count). The van der Waals surface area contributed by atoms with Crippen LogP contribution in [0.25, 0.3) is 5.76 Å². The van der Waals surface area contributed by atoms with Crippen molar-refractivity contribution in [1.82, 2.24) is 0 Å². The summed E-state index contributed by atoms with van der Waals surface area (Å²) in [4.78, 5) is 27.0. The van der Waals surface area contributed by atoms with E-state index in [2.05, 4.69) is 5.10 Å². The number of hydrogen-bond donors (Lipinski definition) is 0. The second-order valence-corrected chi connectivity index (χ2v) is 8.21. The third kappa shape index (κ3) is 3.55. The molecule has 2 aliphatic heterocycles. The fraction of sp³-hybridized carbons (Fsp3) is 0.0385. The van der Waals surface area contributed by atoms with Gasteiger partial charge in [-0.1, -0.05) is 78.9 Å². The smallest absolute Gasteiger partial charge is 0.285 e. The lowest BCUT2D eigenvalue weighted by Crippen LogP contribution is -2.22. The Morgan fingerprint density at radius 2 is 1.47 bits per heavy atom. The summed E-state index contributed by atoms with van der Waals surface area (Å²) in [5.74, 6) is 0.0211. The highest BCUT2D eigenvalue weighted by molar-refractivity contribution is 8.08. The fourth-order valence-electron chi connectivity index (χ4n) is 3.54. The largest absolute Gasteiger partial charge is 0.447 e. The first-order valence-electron chi connectivity index (χ1n) is 10.1. The Hall–Kier alpha value is -3.90. The molecule has 2 heterocycles. The van der Waals surface area contributed by atoms with Gasteiger partial charge < -0.3 is 4.74 Å². The lowest BCUT2D eigenvalue weighted by molar-refractivity contribution is -0.114. The second-order valence-electron chi connectivity index (χ2n) is 7.22. The van der Waals surface area contributed by atoms with Gasteiger partial charge in [0.05, 0.1) is 11.4 Å². The van der Waals surface area contributed by atoms with Gasteiger partial charge in [-0.25, -0.2) is 0 Å². The number of anilines is 1. The Bertz CT molecular complexity index is 1300. The number of thioether (sulfide) groups is 1. The molecule has 0 saturated heterocycles. The van der Waals surface area contributed by atoms with Crippen molar-refractivity contribution >= 4 is 40.6 Å². The SMILES string of the molecule is CC1=NN(c2ccccc2)C(=O)/C1=C1\OC(c2ccccc2)=C(C(=O)c2ccccc2)S1. The van der Waals surface area contributed by atoms with Crippen LogP contribution in [0.15, 0.2) is 112 Å². The molecular weight excluding hydrogens is 420 g/mol. The molecule has 3 aromatic carbocycles. The number of benzene rings is 3. The minimum absolute atomic E-state index is 0.148. The van der Waals surface area contributed by atoms with Gasteiger partial charge >= 0.3 is 0 Å². The molecule has 0 saturated carbocycles. The van der Waals surface area contributed by atoms with E-state index in [1.165, 1.54) is 16.8 Å². The summed E-state index contributed by atoms with van der Waals surface area (Å²) in [6, 6.07) is 27.7. The zero-order valence-electron chi connectivity index (χ0n) is 17.2. The molecule has 0 aliphatic carbocycles. The summed E-state index contributed by atoms with van der Waals surface area (Å²) in [5, 5.41) is 6.17. The van der Waals surface area contributed by atoms with Crippen molar-refractivity contribution in [2.24, 2.45) is 5.10 Å². The number of allylic oxidation sites excluding steroid dienone is 1. The van der Waals surface area contributed by atoms with Crippen LogP contribution in [-0.4, -0.2) is 17.4 Å². The lowest BCUT2D eigenvalue weighted by atomic mass is 10.1. The number of para-hydroxylation sites is 1. The van der Waals surface area contributed by atoms with Crippen LogP contribution in [0.4, 0.5) is 5.69 Å². The number of rotatable bonds is 4. The highest BCUT2D eigenvalue weighted by Gasteiger charge is 2.38. The molecule has 32 heavy (non-hydrogen) atoms. The van der Waals surface area contributed by atoms with Crippen LogP contribution in [0.5, 0.6) is 0 Å². The van der Waals surface area contributed by atoms with Gasteiger partial charge in [0.2, 0.25) is 5.78 Å². The van der Waals surface area contributed by atoms with E-state index in [1.807, 2.05) is 78.9 Å². The van der Waals surface area contributed by atoms with Crippen LogP contribution < -0.4 is 5.01 Å². The third-order valence-corrected chi connectivity index (χ3v) is 6.14. The maximum Gasteiger partial charge on any atom is 0.285 e. The van der Waals surface area contributed by atoms with E-state index in [9.17, 15) is 9.59 Å². The van der Waals surface area contributed by atoms with Crippen LogP contribution in [0.3, 0.4) is 0 Å². The zero-order chi connectivity index (χ0) is 22.1. The van der Waals surface area contributed by atoms with E-state index in [-0.39, 0.29) is 11.7 Å². The molecule has 1 amide bonds. The van der Waals surface area contributed by atoms with Crippen molar-refractivity contribution in [2.45, 2.75) is 6.92 Å². The summed E-state index contributed by atoms with van der Waals surface area (Å²) in [6.45, 7) is 1.77. The molecule has 0 bridgehead atoms. The molecule has 0 radical (unpaired) electrons. The number of nitrogens with zero attached hydrogens (tertiary/aromatic N) is 2. The Morgan fingerprint density at radius 1 is 0.875 bits per heavy atom. The first-order chi connectivity index (χ1) is 15.6. The number of hydrogen-bond acceptors (Lipinski definition) is 5. The van der Waals surface area contributed by atoms with E-state index in [4.69, 9.17) is 4.74 Å². The topological polar surface area (TPSA) is 59.0 Å². The van der Waals surface area contributed by atoms with Gasteiger partial charge in [0.15, 0.2) is 10.9 Å². The van der Waals surface area contributed by atoms with Crippen LogP contribution in [0.1, 0.15) is 22.8 Å². The van der Waals surface area contributed by atoms with Gasteiger partial charge in [0, 0.05) is 11.1 Å². The van der Waals surface area contributed by atoms with Crippen molar-refractivity contribution in [3.8, 4) is 0 Å². The number of ether oxygens (including phenoxy) is 1. The molecular formula is C26H18N2O3S. The highest BCUT2D eigenvalue weighted by Crippen LogP contribution is 2.47. The van der Waals surface area contributed by atoms with Crippen LogP contribution in [0.2, 0.25) is 0 Å². The molecule has 0 N–H and O–H groups in total. The number of hydrazone groups is 1. The molecule has 3 aromatic rings. The van der Waals surface area contributed by atoms with Gasteiger partial charge in [-0.05, 0) is 30.8 Å². The predicted molar refractivity (Wildman–Crippen MR) is 127 cm³/mol. The zero-order valence-corrected chi connectivity index (χ0v) is 18.0. The van der Waals surface area contributed by atoms with Crippen molar-refractivity contribution in [3.63, 3.8) is 0 Å². The molecule has 0 aromatic heterocycles. The summed E-state index contributed by atoms with van der Waals surface area (Å²) in [7, 11) is 0. The molecule has 2 aliphatic rings. The average Bonchev–Trinajstić information content (AvgIpc) is 3.41. The van der Waals surface area contributed by atoms with Crippen molar-refractivity contribution in [1.29, 1.82) is 0 Å². The average molecular weight is 439 g/mol. The van der Waals surface area contributed by atoms with Gasteiger partial charge in [-0.15, -0.1) is 0 Å². The number of carbonyl (C=O) groups excluding carboxylic acids is 2. The van der Waals surface area contributed by atoms with E-state index in [1.54, 1.807) is 19.1 Å². The second kappa shape index (κ2) is 8.32. The fourth-order valence-corrected chi connectivity index (χ4v) is 4.65. The van der Waals surface area contributed by atoms with Crippen molar-refractivity contribution in [2.75, 3.05) is 5.01 Å². The Labute approximate surface area is 189 Å². The first kappa shape index (κ1) is 20.0. The minimum atomic E-state index is -0.281. The summed E-state index contributed by atoms with van der Waals surface area (Å²) < 4.78 is 6.18. The van der Waals surface area contributed by atoms with E-state index in [0.717, 1.165) is 5.56 Å². The van der Waals surface area contributed by atoms with Crippen LogP contribution in [-0.2, 0) is 9.53 Å². The Kier molecular flexibility index (Phi) is 5.21. The minimum Gasteiger partial charge on any atom is -0.447 e. The number of Topliss-reactive ketones (excluding diaryl/α,β-unsaturated/α-hetero) is 1.